The monoisotopic (exact) mass is 323 g/mol. The van der Waals surface area contributed by atoms with Gasteiger partial charge in [0, 0.05) is 33.4 Å². The molecule has 1 aliphatic heterocycles. The molecule has 0 spiro atoms. The molecule has 1 fully saturated rings. The van der Waals surface area contributed by atoms with Crippen LogP contribution in [-0.4, -0.2) is 56.4 Å². The summed E-state index contributed by atoms with van der Waals surface area (Å²) in [6.07, 6.45) is 3.87. The van der Waals surface area contributed by atoms with E-state index in [1.807, 2.05) is 0 Å². The third kappa shape index (κ3) is 4.44. The molecular weight excluding hydrogens is 298 g/mol. The molecular formula is C15H25N5O3. The molecule has 0 amide bonds. The predicted octanol–water partition coefficient (Wildman–Crippen LogP) is 0.897. The maximum absolute atomic E-state index is 11.6. The lowest BCUT2D eigenvalue weighted by molar-refractivity contribution is -0.146. The standard InChI is InChI=1S/C15H25N5O3/c1-22-9-3-6-17-13-12(16)14(19-10-18-13)20-7-4-11(5-8-20)15(21)23-2/h10-11H,3-9,16H2,1-2H3,(H,17,18,19). The molecule has 128 valence electrons. The van der Waals surface area contributed by atoms with E-state index in [-0.39, 0.29) is 11.9 Å². The van der Waals surface area contributed by atoms with E-state index in [2.05, 4.69) is 20.2 Å². The molecule has 8 heteroatoms. The van der Waals surface area contributed by atoms with Crippen LogP contribution in [0.1, 0.15) is 19.3 Å². The number of anilines is 3. The Morgan fingerprint density at radius 1 is 1.39 bits per heavy atom. The fourth-order valence-corrected chi connectivity index (χ4v) is 2.70. The lowest BCUT2D eigenvalue weighted by Gasteiger charge is -2.32. The number of esters is 1. The van der Waals surface area contributed by atoms with E-state index in [0.29, 0.717) is 18.1 Å². The molecule has 1 saturated heterocycles. The number of methoxy groups -OCH3 is 2. The zero-order valence-electron chi connectivity index (χ0n) is 13.7. The summed E-state index contributed by atoms with van der Waals surface area (Å²) in [4.78, 5) is 22.2. The van der Waals surface area contributed by atoms with E-state index >= 15 is 0 Å². The van der Waals surface area contributed by atoms with E-state index < -0.39 is 0 Å². The molecule has 0 unspecified atom stereocenters. The Morgan fingerprint density at radius 3 is 2.78 bits per heavy atom. The van der Waals surface area contributed by atoms with Gasteiger partial charge in [0.2, 0.25) is 0 Å². The molecule has 0 atom stereocenters. The molecule has 8 nitrogen and oxygen atoms in total. The van der Waals surface area contributed by atoms with Gasteiger partial charge in [0.25, 0.3) is 0 Å². The second-order valence-corrected chi connectivity index (χ2v) is 5.52. The second-order valence-electron chi connectivity index (χ2n) is 5.52. The van der Waals surface area contributed by atoms with E-state index in [9.17, 15) is 4.79 Å². The van der Waals surface area contributed by atoms with Crippen molar-refractivity contribution in [3.05, 3.63) is 6.33 Å². The number of carbonyl (C=O) groups excluding carboxylic acids is 1. The van der Waals surface area contributed by atoms with Gasteiger partial charge < -0.3 is 25.4 Å². The van der Waals surface area contributed by atoms with Crippen LogP contribution in [0.15, 0.2) is 6.33 Å². The van der Waals surface area contributed by atoms with Crippen molar-refractivity contribution in [2.75, 3.05) is 56.4 Å². The number of hydrogen-bond donors (Lipinski definition) is 2. The van der Waals surface area contributed by atoms with Gasteiger partial charge in [-0.05, 0) is 19.3 Å². The summed E-state index contributed by atoms with van der Waals surface area (Å²) >= 11 is 0. The lowest BCUT2D eigenvalue weighted by Crippen LogP contribution is -2.37. The van der Waals surface area contributed by atoms with Gasteiger partial charge in [0.05, 0.1) is 13.0 Å². The first-order chi connectivity index (χ1) is 11.2. The first kappa shape index (κ1) is 17.3. The van der Waals surface area contributed by atoms with Crippen molar-refractivity contribution >= 4 is 23.3 Å². The van der Waals surface area contributed by atoms with Crippen LogP contribution < -0.4 is 16.0 Å². The van der Waals surface area contributed by atoms with Crippen LogP contribution in [0.3, 0.4) is 0 Å². The van der Waals surface area contributed by atoms with Gasteiger partial charge in [-0.25, -0.2) is 9.97 Å². The molecule has 0 aromatic carbocycles. The molecule has 1 aromatic heterocycles. The van der Waals surface area contributed by atoms with Crippen molar-refractivity contribution in [1.29, 1.82) is 0 Å². The van der Waals surface area contributed by atoms with Crippen molar-refractivity contribution in [2.24, 2.45) is 5.92 Å². The lowest BCUT2D eigenvalue weighted by atomic mass is 9.97. The largest absolute Gasteiger partial charge is 0.469 e. The summed E-state index contributed by atoms with van der Waals surface area (Å²) in [7, 11) is 3.10. The third-order valence-corrected chi connectivity index (χ3v) is 4.01. The number of nitrogen functional groups attached to an aromatic ring is 1. The summed E-state index contributed by atoms with van der Waals surface area (Å²) in [5, 5.41) is 3.21. The molecule has 0 bridgehead atoms. The van der Waals surface area contributed by atoms with Crippen LogP contribution in [-0.2, 0) is 14.3 Å². The number of piperidine rings is 1. The maximum atomic E-state index is 11.6. The number of rotatable bonds is 7. The number of carbonyl (C=O) groups is 1. The molecule has 2 rings (SSSR count). The summed E-state index contributed by atoms with van der Waals surface area (Å²) < 4.78 is 9.83. The van der Waals surface area contributed by atoms with Crippen molar-refractivity contribution in [1.82, 2.24) is 9.97 Å². The Kier molecular flexibility index (Phi) is 6.40. The molecule has 23 heavy (non-hydrogen) atoms. The summed E-state index contributed by atoms with van der Waals surface area (Å²) in [5.74, 6) is 1.19. The summed E-state index contributed by atoms with van der Waals surface area (Å²) in [6.45, 7) is 2.87. The van der Waals surface area contributed by atoms with Crippen LogP contribution in [0.25, 0.3) is 0 Å². The van der Waals surface area contributed by atoms with E-state index in [4.69, 9.17) is 15.2 Å². The Bertz CT molecular complexity index is 518. The Hall–Kier alpha value is -2.09. The Labute approximate surface area is 136 Å². The van der Waals surface area contributed by atoms with Gasteiger partial charge in [-0.1, -0.05) is 0 Å². The maximum Gasteiger partial charge on any atom is 0.308 e. The normalized spacial score (nSPS) is 15.5. The van der Waals surface area contributed by atoms with E-state index in [0.717, 1.165) is 44.7 Å². The zero-order chi connectivity index (χ0) is 16.7. The fourth-order valence-electron chi connectivity index (χ4n) is 2.70. The van der Waals surface area contributed by atoms with Gasteiger partial charge >= 0.3 is 5.97 Å². The average molecular weight is 323 g/mol. The molecule has 0 saturated carbocycles. The first-order valence-electron chi connectivity index (χ1n) is 7.83. The fraction of sp³-hybridized carbons (Fsp3) is 0.667. The summed E-state index contributed by atoms with van der Waals surface area (Å²) in [5.41, 5.74) is 6.74. The predicted molar refractivity (Wildman–Crippen MR) is 88.4 cm³/mol. The number of aromatic nitrogens is 2. The highest BCUT2D eigenvalue weighted by Crippen LogP contribution is 2.29. The highest BCUT2D eigenvalue weighted by molar-refractivity contribution is 5.76. The number of hydrogen-bond acceptors (Lipinski definition) is 8. The van der Waals surface area contributed by atoms with E-state index in [1.54, 1.807) is 7.11 Å². The SMILES string of the molecule is COCCCNc1ncnc(N2CCC(C(=O)OC)CC2)c1N. The minimum absolute atomic E-state index is 0.0362. The zero-order valence-corrected chi connectivity index (χ0v) is 13.7. The number of nitrogens with zero attached hydrogens (tertiary/aromatic N) is 3. The van der Waals surface area contributed by atoms with Crippen LogP contribution in [0.2, 0.25) is 0 Å². The minimum atomic E-state index is -0.138. The van der Waals surface area contributed by atoms with Crippen molar-refractivity contribution in [2.45, 2.75) is 19.3 Å². The van der Waals surface area contributed by atoms with Gasteiger partial charge in [-0.15, -0.1) is 0 Å². The third-order valence-electron chi connectivity index (χ3n) is 4.01. The molecule has 2 heterocycles. The summed E-state index contributed by atoms with van der Waals surface area (Å²) in [6, 6.07) is 0. The molecule has 1 aliphatic rings. The van der Waals surface area contributed by atoms with Crippen LogP contribution in [0.4, 0.5) is 17.3 Å². The molecule has 0 aliphatic carbocycles. The van der Waals surface area contributed by atoms with Gasteiger partial charge in [-0.2, -0.15) is 0 Å². The van der Waals surface area contributed by atoms with Gasteiger partial charge in [-0.3, -0.25) is 4.79 Å². The van der Waals surface area contributed by atoms with Crippen LogP contribution >= 0.6 is 0 Å². The smallest absolute Gasteiger partial charge is 0.308 e. The highest BCUT2D eigenvalue weighted by atomic mass is 16.5. The average Bonchev–Trinajstić information content (AvgIpc) is 2.59. The topological polar surface area (TPSA) is 103 Å². The number of nitrogens with one attached hydrogen (secondary N) is 1. The molecule has 0 radical (unpaired) electrons. The van der Waals surface area contributed by atoms with Gasteiger partial charge in [0.15, 0.2) is 11.6 Å². The van der Waals surface area contributed by atoms with Gasteiger partial charge in [0.1, 0.15) is 12.0 Å². The Balaban J connectivity index is 1.96. The van der Waals surface area contributed by atoms with Crippen molar-refractivity contribution in [3.8, 4) is 0 Å². The van der Waals surface area contributed by atoms with Crippen molar-refractivity contribution < 1.29 is 14.3 Å². The van der Waals surface area contributed by atoms with Crippen molar-refractivity contribution in [3.63, 3.8) is 0 Å². The molecule has 1 aromatic rings. The minimum Gasteiger partial charge on any atom is -0.469 e. The quantitative estimate of drug-likeness (QED) is 0.563. The Morgan fingerprint density at radius 2 is 2.13 bits per heavy atom. The van der Waals surface area contributed by atoms with Crippen LogP contribution in [0, 0.1) is 5.92 Å². The number of ether oxygens (including phenoxy) is 2. The van der Waals surface area contributed by atoms with Crippen LogP contribution in [0.5, 0.6) is 0 Å². The second kappa shape index (κ2) is 8.52. The van der Waals surface area contributed by atoms with E-state index in [1.165, 1.54) is 13.4 Å². The molecule has 3 N–H and O–H groups in total. The first-order valence-corrected chi connectivity index (χ1v) is 7.83. The number of nitrogens with two attached hydrogens (primary N) is 1. The highest BCUT2D eigenvalue weighted by Gasteiger charge is 2.27.